The molecule has 1 aromatic heterocycles. The summed E-state index contributed by atoms with van der Waals surface area (Å²) in [6.07, 6.45) is 0. The van der Waals surface area contributed by atoms with Gasteiger partial charge >= 0.3 is 5.97 Å². The van der Waals surface area contributed by atoms with Gasteiger partial charge in [0.1, 0.15) is 6.04 Å². The van der Waals surface area contributed by atoms with Crippen LogP contribution in [0.15, 0.2) is 12.1 Å². The molecule has 1 N–H and O–H groups in total. The maximum atomic E-state index is 11.8. The standard InChI is InChI=1S/C10H13NO3S/c1-6-4-5-8(15-6)9(12)11(3)7(2)10(13)14/h4-5,7H,1-3H3,(H,13,14). The number of carboxylic acids is 1. The molecule has 1 unspecified atom stereocenters. The van der Waals surface area contributed by atoms with Crippen LogP contribution < -0.4 is 0 Å². The van der Waals surface area contributed by atoms with E-state index in [1.165, 1.54) is 30.2 Å². The predicted molar refractivity (Wildman–Crippen MR) is 58.2 cm³/mol. The summed E-state index contributed by atoms with van der Waals surface area (Å²) in [5, 5.41) is 8.76. The van der Waals surface area contributed by atoms with E-state index in [2.05, 4.69) is 0 Å². The second kappa shape index (κ2) is 4.44. The summed E-state index contributed by atoms with van der Waals surface area (Å²) in [6, 6.07) is 2.75. The molecule has 0 fully saturated rings. The van der Waals surface area contributed by atoms with Crippen LogP contribution in [0.3, 0.4) is 0 Å². The average Bonchev–Trinajstić information content (AvgIpc) is 2.61. The molecule has 5 heteroatoms. The minimum absolute atomic E-state index is 0.247. The van der Waals surface area contributed by atoms with Crippen LogP contribution in [0.2, 0.25) is 0 Å². The molecule has 0 saturated carbocycles. The first-order chi connectivity index (χ1) is 6.93. The van der Waals surface area contributed by atoms with Gasteiger partial charge < -0.3 is 10.0 Å². The molecule has 1 amide bonds. The molecule has 82 valence electrons. The summed E-state index contributed by atoms with van der Waals surface area (Å²) in [4.78, 5) is 25.3. The number of carbonyl (C=O) groups excluding carboxylic acids is 1. The maximum Gasteiger partial charge on any atom is 0.326 e. The molecule has 15 heavy (non-hydrogen) atoms. The highest BCUT2D eigenvalue weighted by Crippen LogP contribution is 2.17. The van der Waals surface area contributed by atoms with E-state index < -0.39 is 12.0 Å². The lowest BCUT2D eigenvalue weighted by Crippen LogP contribution is -2.39. The van der Waals surface area contributed by atoms with Crippen molar-refractivity contribution in [3.63, 3.8) is 0 Å². The minimum Gasteiger partial charge on any atom is -0.480 e. The largest absolute Gasteiger partial charge is 0.480 e. The van der Waals surface area contributed by atoms with Gasteiger partial charge in [-0.1, -0.05) is 0 Å². The molecule has 0 aliphatic rings. The van der Waals surface area contributed by atoms with Gasteiger partial charge in [0.2, 0.25) is 0 Å². The van der Waals surface area contributed by atoms with Crippen molar-refractivity contribution in [3.05, 3.63) is 21.9 Å². The number of nitrogens with zero attached hydrogens (tertiary/aromatic N) is 1. The van der Waals surface area contributed by atoms with Gasteiger partial charge in [-0.15, -0.1) is 11.3 Å². The lowest BCUT2D eigenvalue weighted by Gasteiger charge is -2.20. The van der Waals surface area contributed by atoms with Crippen LogP contribution in [0.5, 0.6) is 0 Å². The quantitative estimate of drug-likeness (QED) is 0.853. The van der Waals surface area contributed by atoms with Gasteiger partial charge in [0.05, 0.1) is 4.88 Å². The second-order valence-corrected chi connectivity index (χ2v) is 4.63. The Morgan fingerprint density at radius 1 is 1.47 bits per heavy atom. The number of amides is 1. The molecule has 0 spiro atoms. The zero-order valence-corrected chi connectivity index (χ0v) is 9.67. The fourth-order valence-corrected chi connectivity index (χ4v) is 1.92. The van der Waals surface area contributed by atoms with Crippen LogP contribution in [-0.4, -0.2) is 35.0 Å². The molecule has 0 aromatic carbocycles. The highest BCUT2D eigenvalue weighted by molar-refractivity contribution is 7.13. The van der Waals surface area contributed by atoms with Crippen molar-refractivity contribution in [2.45, 2.75) is 19.9 Å². The smallest absolute Gasteiger partial charge is 0.326 e. The van der Waals surface area contributed by atoms with Crippen LogP contribution in [0.4, 0.5) is 0 Å². The lowest BCUT2D eigenvalue weighted by atomic mass is 10.3. The van der Waals surface area contributed by atoms with Crippen molar-refractivity contribution >= 4 is 23.2 Å². The number of hydrogen-bond donors (Lipinski definition) is 1. The van der Waals surface area contributed by atoms with E-state index in [0.717, 1.165) is 4.88 Å². The third-order valence-electron chi connectivity index (χ3n) is 2.21. The number of likely N-dealkylation sites (N-methyl/N-ethyl adjacent to an activating group) is 1. The van der Waals surface area contributed by atoms with Gasteiger partial charge in [-0.3, -0.25) is 4.79 Å². The Labute approximate surface area is 92.1 Å². The number of aliphatic carboxylic acids is 1. The summed E-state index contributed by atoms with van der Waals surface area (Å²) in [5.74, 6) is -1.25. The average molecular weight is 227 g/mol. The van der Waals surface area contributed by atoms with Crippen LogP contribution in [-0.2, 0) is 4.79 Å². The Morgan fingerprint density at radius 2 is 2.07 bits per heavy atom. The van der Waals surface area contributed by atoms with Gasteiger partial charge in [-0.05, 0) is 26.0 Å². The first-order valence-electron chi connectivity index (χ1n) is 4.50. The third-order valence-corrected chi connectivity index (χ3v) is 3.20. The summed E-state index contributed by atoms with van der Waals surface area (Å²) in [5.41, 5.74) is 0. The van der Waals surface area contributed by atoms with Crippen molar-refractivity contribution in [3.8, 4) is 0 Å². The van der Waals surface area contributed by atoms with Crippen molar-refractivity contribution in [1.29, 1.82) is 0 Å². The molecule has 0 saturated heterocycles. The molecule has 1 heterocycles. The zero-order chi connectivity index (χ0) is 11.6. The molecule has 1 aromatic rings. The number of aryl methyl sites for hydroxylation is 1. The number of carboxylic acid groups (broad SMARTS) is 1. The summed E-state index contributed by atoms with van der Waals surface area (Å²) >= 11 is 1.37. The monoisotopic (exact) mass is 227 g/mol. The lowest BCUT2D eigenvalue weighted by molar-refractivity contribution is -0.141. The van der Waals surface area contributed by atoms with E-state index in [1.807, 2.05) is 13.0 Å². The van der Waals surface area contributed by atoms with Crippen molar-refractivity contribution < 1.29 is 14.7 Å². The maximum absolute atomic E-state index is 11.8. The second-order valence-electron chi connectivity index (χ2n) is 3.34. The van der Waals surface area contributed by atoms with E-state index >= 15 is 0 Å². The fourth-order valence-electron chi connectivity index (χ4n) is 1.06. The molecule has 0 aliphatic carbocycles. The molecular weight excluding hydrogens is 214 g/mol. The van der Waals surface area contributed by atoms with Gasteiger partial charge in [-0.25, -0.2) is 4.79 Å². The van der Waals surface area contributed by atoms with Gasteiger partial charge in [0.25, 0.3) is 5.91 Å². The Balaban J connectivity index is 2.81. The van der Waals surface area contributed by atoms with Gasteiger partial charge in [-0.2, -0.15) is 0 Å². The van der Waals surface area contributed by atoms with Gasteiger partial charge in [0.15, 0.2) is 0 Å². The fraction of sp³-hybridized carbons (Fsp3) is 0.400. The molecule has 0 aliphatic heterocycles. The highest BCUT2D eigenvalue weighted by Gasteiger charge is 2.23. The Hall–Kier alpha value is -1.36. The summed E-state index contributed by atoms with van der Waals surface area (Å²) in [6.45, 7) is 3.39. The SMILES string of the molecule is Cc1ccc(C(=O)N(C)C(C)C(=O)O)s1. The molecule has 0 radical (unpaired) electrons. The molecular formula is C10H13NO3S. The molecule has 1 atom stereocenters. The van der Waals surface area contributed by atoms with E-state index in [9.17, 15) is 9.59 Å². The van der Waals surface area contributed by atoms with E-state index in [4.69, 9.17) is 5.11 Å². The Kier molecular flexibility index (Phi) is 3.47. The molecule has 4 nitrogen and oxygen atoms in total. The first-order valence-corrected chi connectivity index (χ1v) is 5.31. The number of thiophene rings is 1. The predicted octanol–water partition coefficient (Wildman–Crippen LogP) is 1.60. The van der Waals surface area contributed by atoms with Crippen LogP contribution >= 0.6 is 11.3 Å². The van der Waals surface area contributed by atoms with Crippen LogP contribution in [0.1, 0.15) is 21.5 Å². The molecule has 0 bridgehead atoms. The zero-order valence-electron chi connectivity index (χ0n) is 8.85. The minimum atomic E-state index is -1.00. The number of hydrogen-bond acceptors (Lipinski definition) is 3. The Morgan fingerprint density at radius 3 is 2.47 bits per heavy atom. The van der Waals surface area contributed by atoms with Crippen LogP contribution in [0, 0.1) is 6.92 Å². The number of carbonyl (C=O) groups is 2. The normalized spacial score (nSPS) is 12.2. The summed E-state index contributed by atoms with van der Waals surface area (Å²) in [7, 11) is 1.50. The van der Waals surface area contributed by atoms with E-state index in [1.54, 1.807) is 6.07 Å². The van der Waals surface area contributed by atoms with Crippen molar-refractivity contribution in [2.75, 3.05) is 7.05 Å². The Bertz CT molecular complexity index is 386. The number of rotatable bonds is 3. The van der Waals surface area contributed by atoms with Gasteiger partial charge in [0, 0.05) is 11.9 Å². The highest BCUT2D eigenvalue weighted by atomic mass is 32.1. The van der Waals surface area contributed by atoms with E-state index in [0.29, 0.717) is 4.88 Å². The van der Waals surface area contributed by atoms with Crippen molar-refractivity contribution in [2.24, 2.45) is 0 Å². The molecule has 1 rings (SSSR count). The third kappa shape index (κ3) is 2.56. The van der Waals surface area contributed by atoms with E-state index in [-0.39, 0.29) is 5.91 Å². The first kappa shape index (κ1) is 11.7. The topological polar surface area (TPSA) is 57.6 Å². The van der Waals surface area contributed by atoms with Crippen LogP contribution in [0.25, 0.3) is 0 Å². The summed E-state index contributed by atoms with van der Waals surface area (Å²) < 4.78 is 0. The van der Waals surface area contributed by atoms with Crippen molar-refractivity contribution in [1.82, 2.24) is 4.90 Å².